The maximum atomic E-state index is 13.9. The Bertz CT molecular complexity index is 3410. The highest BCUT2D eigenvalue weighted by Gasteiger charge is 2.47. The summed E-state index contributed by atoms with van der Waals surface area (Å²) in [6.45, 7) is -2.27. The van der Waals surface area contributed by atoms with E-state index in [4.69, 9.17) is 5.73 Å². The summed E-state index contributed by atoms with van der Waals surface area (Å²) >= 11 is 0.626. The van der Waals surface area contributed by atoms with Crippen LogP contribution in [0.1, 0.15) is 81.0 Å². The predicted octanol–water partition coefficient (Wildman–Crippen LogP) is -4.16. The van der Waals surface area contributed by atoms with Crippen LogP contribution in [0.4, 0.5) is 14.5 Å². The van der Waals surface area contributed by atoms with Crippen LogP contribution in [0.5, 0.6) is 0 Å². The van der Waals surface area contributed by atoms with E-state index in [9.17, 15) is 121 Å². The Morgan fingerprint density at radius 3 is 1.86 bits per heavy atom. The number of nitrogens with zero attached hydrogens (tertiary/aromatic N) is 7. The zero-order valence-electron chi connectivity index (χ0n) is 53.2. The molecule has 2 unspecified atom stereocenters. The van der Waals surface area contributed by atoms with Crippen molar-refractivity contribution < 1.29 is 116 Å². The fraction of sp³-hybridized carbons (Fsp3) is 0.559. The first-order valence-corrected chi connectivity index (χ1v) is 32.0. The number of imide groups is 1. The zero-order valence-corrected chi connectivity index (χ0v) is 54.0. The molecule has 0 bridgehead atoms. The van der Waals surface area contributed by atoms with Gasteiger partial charge in [0, 0.05) is 102 Å². The lowest BCUT2D eigenvalue weighted by Crippen LogP contribution is -2.58. The molecule has 3 aliphatic rings. The maximum Gasteiger partial charge on any atom is 0.327 e. The molecule has 4 heterocycles. The van der Waals surface area contributed by atoms with Crippen LogP contribution in [0.2, 0.25) is 0 Å². The van der Waals surface area contributed by atoms with Gasteiger partial charge in [-0.15, -0.1) is 11.8 Å². The number of carboxylic acids is 6. The highest BCUT2D eigenvalue weighted by atomic mass is 32.2. The number of hydrogen-bond donors (Lipinski definition) is 14. The van der Waals surface area contributed by atoms with Gasteiger partial charge in [-0.25, -0.2) is 13.6 Å². The summed E-state index contributed by atoms with van der Waals surface area (Å²) in [4.78, 5) is 215. The molecule has 540 valence electrons. The van der Waals surface area contributed by atoms with Gasteiger partial charge in [0.1, 0.15) is 36.3 Å². The number of aliphatic carboxylic acids is 6. The number of carbonyl (C=O) groups is 16. The number of likely N-dealkylation sites (tertiary alicyclic amines) is 2. The van der Waals surface area contributed by atoms with Crippen molar-refractivity contribution in [2.75, 3.05) is 96.2 Å². The van der Waals surface area contributed by atoms with Crippen LogP contribution in [0, 0.1) is 11.3 Å². The van der Waals surface area contributed by atoms with E-state index in [1.807, 2.05) is 0 Å². The smallest absolute Gasteiger partial charge is 0.327 e. The first-order valence-electron chi connectivity index (χ1n) is 31.0. The summed E-state index contributed by atoms with van der Waals surface area (Å²) in [5, 5.41) is 82.6. The second-order valence-electron chi connectivity index (χ2n) is 23.2. The Labute approximate surface area is 566 Å². The fourth-order valence-electron chi connectivity index (χ4n) is 10.8. The van der Waals surface area contributed by atoms with Gasteiger partial charge < -0.3 is 78.5 Å². The average molecular weight is 1420 g/mol. The van der Waals surface area contributed by atoms with E-state index in [1.54, 1.807) is 6.07 Å². The molecule has 7 atom stereocenters. The molecule has 37 nitrogen and oxygen atoms in total. The van der Waals surface area contributed by atoms with Gasteiger partial charge in [-0.1, -0.05) is 12.1 Å². The van der Waals surface area contributed by atoms with Gasteiger partial charge in [0.05, 0.1) is 67.1 Å². The quantitative estimate of drug-likeness (QED) is 0.0224. The zero-order chi connectivity index (χ0) is 73.3. The van der Waals surface area contributed by atoms with Gasteiger partial charge in [-0.3, -0.25) is 96.5 Å². The highest BCUT2D eigenvalue weighted by molar-refractivity contribution is 8.00. The largest absolute Gasteiger partial charge is 0.481 e. The van der Waals surface area contributed by atoms with Crippen molar-refractivity contribution >= 4 is 123 Å². The van der Waals surface area contributed by atoms with Crippen LogP contribution >= 0.6 is 11.8 Å². The molecule has 99 heavy (non-hydrogen) atoms. The minimum atomic E-state index is -3.29. The van der Waals surface area contributed by atoms with Gasteiger partial charge in [0.15, 0.2) is 0 Å². The molecule has 1 aromatic heterocycles. The number of nitrogens with one attached hydrogen (secondary N) is 7. The van der Waals surface area contributed by atoms with Crippen LogP contribution in [0.25, 0.3) is 10.9 Å². The SMILES string of the molecule is N#C[C@@H]1CC(F)(F)CN1C(=O)CNC(=O)c1ccnc2c(NC(=O)CCC(=O)N[C@@H](CC(=O)O)C(=O)N[C@@H](CCCCN)C(=O)N[C@@H](CC(=O)O)C(=O)N[C@@H](CSC3CC(=O)N(CCNC(=O)CCC(C(=O)O)N4CCN(CC(=O)O)CCN(CC(=O)O)CC4)C3=O)C(=O)O)cccc12. The molecule has 15 N–H and O–H groups in total. The van der Waals surface area contributed by atoms with E-state index in [0.29, 0.717) is 16.7 Å². The molecule has 3 fully saturated rings. The molecule has 10 amide bonds. The lowest BCUT2D eigenvalue weighted by molar-refractivity contribution is -0.145. The number of para-hydroxylation sites is 1. The summed E-state index contributed by atoms with van der Waals surface area (Å²) in [5.41, 5.74) is 5.66. The number of nitriles is 1. The van der Waals surface area contributed by atoms with E-state index >= 15 is 0 Å². The van der Waals surface area contributed by atoms with Crippen LogP contribution in [-0.2, 0) is 71.9 Å². The predicted molar refractivity (Wildman–Crippen MR) is 336 cm³/mol. The molecule has 3 saturated heterocycles. The summed E-state index contributed by atoms with van der Waals surface area (Å²) in [5.74, 6) is -22.2. The van der Waals surface area contributed by atoms with E-state index in [0.717, 1.165) is 4.90 Å². The average Bonchev–Trinajstić information content (AvgIpc) is 1.80. The van der Waals surface area contributed by atoms with Crippen LogP contribution < -0.4 is 43.0 Å². The summed E-state index contributed by atoms with van der Waals surface area (Å²) < 4.78 is 27.9. The number of hydrogen-bond acceptors (Lipinski definition) is 23. The monoisotopic (exact) mass is 1420 g/mol. The number of fused-ring (bicyclic) bond motifs is 1. The van der Waals surface area contributed by atoms with E-state index < -0.39 is 200 Å². The number of benzene rings is 1. The lowest BCUT2D eigenvalue weighted by atomic mass is 10.1. The highest BCUT2D eigenvalue weighted by Crippen LogP contribution is 2.32. The molecular formula is C59H77F2N15O22S. The Morgan fingerprint density at radius 2 is 1.27 bits per heavy atom. The topological polar surface area (TPSA) is 558 Å². The number of aromatic nitrogens is 1. The molecule has 2 aromatic rings. The first-order chi connectivity index (χ1) is 46.8. The standard InChI is InChI=1S/C59H77F2N15O22S/c60-59(61)25-32(26-63)76(31-59)46(81)27-66-52(90)34-11-13-65-51-33(34)4-3-6-35(51)67-43(78)9-10-44(79)68-37(22-47(82)83)54(92)69-36(5-1-2-12-62)53(91)70-38(23-48(84)85)55(93)71-39(57(95)96)30-99-41-24-45(80)75(56(41)94)15-14-64-42(77)8-7-40(58(97)98)74-20-18-72(28-49(86)87)16-17-73(19-21-74)29-50(88)89/h3-4,6,11,13,32,36-41H,1-2,5,7-10,12,14-25,27-31,62H2,(H,64,77)(H,66,90)(H,67,78)(H,68,79)(H,69,92)(H,70,91)(H,71,93)(H,82,83)(H,84,85)(H,86,87)(H,88,89)(H,95,96)(H,97,98)/t32-,36-,37-,38-,39-,40?,41?/m0/s1. The Hall–Kier alpha value is -10.1. The molecule has 0 radical (unpaired) electrons. The molecule has 0 saturated carbocycles. The lowest BCUT2D eigenvalue weighted by Gasteiger charge is -2.30. The molecule has 5 rings (SSSR count). The second kappa shape index (κ2) is 38.1. The number of carbonyl (C=O) groups excluding carboxylic acids is 10. The first kappa shape index (κ1) is 79.6. The minimum absolute atomic E-state index is 0.0332. The molecule has 3 aliphatic heterocycles. The number of alkyl halides is 2. The fourth-order valence-corrected chi connectivity index (χ4v) is 12.0. The van der Waals surface area contributed by atoms with E-state index in [1.165, 1.54) is 45.2 Å². The maximum absolute atomic E-state index is 13.9. The third-order valence-corrected chi connectivity index (χ3v) is 17.1. The van der Waals surface area contributed by atoms with Crippen molar-refractivity contribution in [2.45, 2.75) is 118 Å². The van der Waals surface area contributed by atoms with E-state index in [-0.39, 0.29) is 126 Å². The van der Waals surface area contributed by atoms with Crippen LogP contribution in [-0.4, -0.2) is 293 Å². The van der Waals surface area contributed by atoms with Gasteiger partial charge in [-0.05, 0) is 44.4 Å². The third-order valence-electron chi connectivity index (χ3n) is 15.8. The number of pyridine rings is 1. The molecule has 0 spiro atoms. The Balaban J connectivity index is 1.13. The second-order valence-corrected chi connectivity index (χ2v) is 24.4. The van der Waals surface area contributed by atoms with Gasteiger partial charge in [0.25, 0.3) is 11.8 Å². The van der Waals surface area contributed by atoms with Gasteiger partial charge >= 0.3 is 35.8 Å². The number of unbranched alkanes of at least 4 members (excludes halogenated alkanes) is 1. The Morgan fingerprint density at radius 1 is 0.687 bits per heavy atom. The summed E-state index contributed by atoms with van der Waals surface area (Å²) in [6, 6.07) is -3.05. The van der Waals surface area contributed by atoms with Crippen molar-refractivity contribution in [3.05, 3.63) is 36.0 Å². The number of carboxylic acid groups (broad SMARTS) is 6. The van der Waals surface area contributed by atoms with E-state index in [2.05, 4.69) is 42.2 Å². The summed E-state index contributed by atoms with van der Waals surface area (Å²) in [7, 11) is 0. The number of nitrogens with two attached hydrogens (primary N) is 1. The Kier molecular flexibility index (Phi) is 30.7. The van der Waals surface area contributed by atoms with Crippen molar-refractivity contribution in [1.29, 1.82) is 5.26 Å². The van der Waals surface area contributed by atoms with Crippen molar-refractivity contribution in [3.63, 3.8) is 0 Å². The third kappa shape index (κ3) is 25.4. The number of anilines is 1. The molecule has 1 aromatic carbocycles. The molecular weight excluding hydrogens is 1340 g/mol. The van der Waals surface area contributed by atoms with Crippen molar-refractivity contribution in [1.82, 2.24) is 61.4 Å². The van der Waals surface area contributed by atoms with Gasteiger partial charge in [-0.2, -0.15) is 5.26 Å². The van der Waals surface area contributed by atoms with Crippen molar-refractivity contribution in [3.8, 4) is 6.07 Å². The number of halogens is 2. The minimum Gasteiger partial charge on any atom is -0.481 e. The molecule has 0 aliphatic carbocycles. The number of amides is 10. The molecule has 40 heteroatoms. The van der Waals surface area contributed by atoms with Crippen LogP contribution in [0.15, 0.2) is 30.5 Å². The van der Waals surface area contributed by atoms with Crippen LogP contribution in [0.3, 0.4) is 0 Å². The normalized spacial score (nSPS) is 18.1. The van der Waals surface area contributed by atoms with Crippen molar-refractivity contribution in [2.24, 2.45) is 5.73 Å². The number of rotatable bonds is 38. The number of thioether (sulfide) groups is 1. The van der Waals surface area contributed by atoms with Gasteiger partial charge in [0.2, 0.25) is 53.2 Å². The summed E-state index contributed by atoms with van der Waals surface area (Å²) in [6.07, 6.45) is -4.19.